The van der Waals surface area contributed by atoms with E-state index in [2.05, 4.69) is 5.32 Å². The molecular formula is C16H17NO3. The van der Waals surface area contributed by atoms with Crippen LogP contribution in [0.4, 0.5) is 11.4 Å². The van der Waals surface area contributed by atoms with Gasteiger partial charge in [0.25, 0.3) is 0 Å². The molecule has 0 aliphatic rings. The molecule has 0 aliphatic heterocycles. The normalized spacial score (nSPS) is 10.3. The summed E-state index contributed by atoms with van der Waals surface area (Å²) in [6, 6.07) is 13.1. The minimum absolute atomic E-state index is 0.320. The van der Waals surface area contributed by atoms with Crippen LogP contribution in [0.2, 0.25) is 0 Å². The number of carboxylic acids is 1. The Bertz CT molecular complexity index is 623. The number of nitrogens with one attached hydrogen (secondary N) is 1. The standard InChI is InChI=1S/C16H17NO3/c1-11-9-13(7-8-14(11)16(18)19)17-15-6-4-3-5-12(15)10-20-2/h3-9,17H,10H2,1-2H3,(H,18,19). The molecule has 0 bridgehead atoms. The lowest BCUT2D eigenvalue weighted by atomic mass is 10.1. The molecule has 0 radical (unpaired) electrons. The van der Waals surface area contributed by atoms with Gasteiger partial charge in [0.2, 0.25) is 0 Å². The van der Waals surface area contributed by atoms with Crippen LogP contribution in [-0.4, -0.2) is 18.2 Å². The molecule has 0 fully saturated rings. The van der Waals surface area contributed by atoms with Gasteiger partial charge < -0.3 is 15.2 Å². The fourth-order valence-electron chi connectivity index (χ4n) is 2.06. The molecule has 0 atom stereocenters. The van der Waals surface area contributed by atoms with E-state index in [9.17, 15) is 4.79 Å². The van der Waals surface area contributed by atoms with Gasteiger partial charge in [0, 0.05) is 24.0 Å². The maximum atomic E-state index is 11.0. The summed E-state index contributed by atoms with van der Waals surface area (Å²) in [6.07, 6.45) is 0. The van der Waals surface area contributed by atoms with Gasteiger partial charge in [0.15, 0.2) is 0 Å². The predicted molar refractivity (Wildman–Crippen MR) is 78.6 cm³/mol. The average Bonchev–Trinajstić information content (AvgIpc) is 2.41. The van der Waals surface area contributed by atoms with Crippen LogP contribution in [-0.2, 0) is 11.3 Å². The maximum absolute atomic E-state index is 11.0. The molecule has 0 aromatic heterocycles. The maximum Gasteiger partial charge on any atom is 0.335 e. The topological polar surface area (TPSA) is 58.6 Å². The third-order valence-electron chi connectivity index (χ3n) is 3.05. The highest BCUT2D eigenvalue weighted by Crippen LogP contribution is 2.23. The minimum atomic E-state index is -0.908. The van der Waals surface area contributed by atoms with Gasteiger partial charge >= 0.3 is 5.97 Å². The zero-order chi connectivity index (χ0) is 14.5. The number of methoxy groups -OCH3 is 1. The van der Waals surface area contributed by atoms with E-state index in [1.54, 1.807) is 26.2 Å². The van der Waals surface area contributed by atoms with Crippen molar-refractivity contribution in [3.63, 3.8) is 0 Å². The molecule has 4 nitrogen and oxygen atoms in total. The fourth-order valence-corrected chi connectivity index (χ4v) is 2.06. The predicted octanol–water partition coefficient (Wildman–Crippen LogP) is 3.58. The van der Waals surface area contributed by atoms with Crippen molar-refractivity contribution in [3.05, 3.63) is 59.2 Å². The zero-order valence-electron chi connectivity index (χ0n) is 11.5. The highest BCUT2D eigenvalue weighted by molar-refractivity contribution is 5.90. The Balaban J connectivity index is 2.26. The van der Waals surface area contributed by atoms with Gasteiger partial charge in [-0.25, -0.2) is 4.79 Å². The van der Waals surface area contributed by atoms with Crippen molar-refractivity contribution in [3.8, 4) is 0 Å². The van der Waals surface area contributed by atoms with Crippen LogP contribution in [0.3, 0.4) is 0 Å². The summed E-state index contributed by atoms with van der Waals surface area (Å²) in [7, 11) is 1.66. The lowest BCUT2D eigenvalue weighted by molar-refractivity contribution is 0.0696. The molecule has 0 saturated carbocycles. The third kappa shape index (κ3) is 3.16. The molecule has 20 heavy (non-hydrogen) atoms. The van der Waals surface area contributed by atoms with Crippen LogP contribution in [0.15, 0.2) is 42.5 Å². The van der Waals surface area contributed by atoms with Gasteiger partial charge in [-0.05, 0) is 36.8 Å². The van der Waals surface area contributed by atoms with Crippen molar-refractivity contribution < 1.29 is 14.6 Å². The molecular weight excluding hydrogens is 254 g/mol. The number of hydrogen-bond donors (Lipinski definition) is 2. The van der Waals surface area contributed by atoms with Crippen molar-refractivity contribution >= 4 is 17.3 Å². The fraction of sp³-hybridized carbons (Fsp3) is 0.188. The van der Waals surface area contributed by atoms with E-state index >= 15 is 0 Å². The number of ether oxygens (including phenoxy) is 1. The van der Waals surface area contributed by atoms with E-state index in [1.807, 2.05) is 30.3 Å². The summed E-state index contributed by atoms with van der Waals surface area (Å²) in [5.74, 6) is -0.908. The molecule has 0 unspecified atom stereocenters. The Labute approximate surface area is 118 Å². The second kappa shape index (κ2) is 6.21. The largest absolute Gasteiger partial charge is 0.478 e. The van der Waals surface area contributed by atoms with Gasteiger partial charge in [0.1, 0.15) is 0 Å². The Morgan fingerprint density at radius 2 is 2.00 bits per heavy atom. The summed E-state index contributed by atoms with van der Waals surface area (Å²) in [5, 5.41) is 12.3. The molecule has 104 valence electrons. The number of carboxylic acid groups (broad SMARTS) is 1. The van der Waals surface area contributed by atoms with Crippen molar-refractivity contribution in [2.75, 3.05) is 12.4 Å². The van der Waals surface area contributed by atoms with Crippen molar-refractivity contribution in [2.24, 2.45) is 0 Å². The smallest absolute Gasteiger partial charge is 0.335 e. The van der Waals surface area contributed by atoms with Gasteiger partial charge in [-0.3, -0.25) is 0 Å². The number of hydrogen-bond acceptors (Lipinski definition) is 3. The molecule has 0 aliphatic carbocycles. The van der Waals surface area contributed by atoms with Crippen molar-refractivity contribution in [1.29, 1.82) is 0 Å². The van der Waals surface area contributed by atoms with E-state index in [0.717, 1.165) is 22.5 Å². The lowest BCUT2D eigenvalue weighted by Crippen LogP contribution is -2.01. The molecule has 2 rings (SSSR count). The van der Waals surface area contributed by atoms with Crippen LogP contribution >= 0.6 is 0 Å². The Kier molecular flexibility index (Phi) is 4.38. The Morgan fingerprint density at radius 3 is 2.65 bits per heavy atom. The summed E-state index contributed by atoms with van der Waals surface area (Å²) in [4.78, 5) is 11.0. The average molecular weight is 271 g/mol. The molecule has 4 heteroatoms. The molecule has 0 amide bonds. The Hall–Kier alpha value is -2.33. The number of benzene rings is 2. The van der Waals surface area contributed by atoms with Crippen molar-refractivity contribution in [2.45, 2.75) is 13.5 Å². The van der Waals surface area contributed by atoms with E-state index in [4.69, 9.17) is 9.84 Å². The summed E-state index contributed by atoms with van der Waals surface area (Å²) >= 11 is 0. The summed E-state index contributed by atoms with van der Waals surface area (Å²) in [5.41, 5.74) is 3.91. The van der Waals surface area contributed by atoms with Crippen LogP contribution in [0, 0.1) is 6.92 Å². The first-order chi connectivity index (χ1) is 9.61. The van der Waals surface area contributed by atoms with Crippen molar-refractivity contribution in [1.82, 2.24) is 0 Å². The number of rotatable bonds is 5. The number of aryl methyl sites for hydroxylation is 1. The van der Waals surface area contributed by atoms with E-state index < -0.39 is 5.97 Å². The molecule has 2 N–H and O–H groups in total. The first kappa shape index (κ1) is 14.1. The summed E-state index contributed by atoms with van der Waals surface area (Å²) < 4.78 is 5.16. The van der Waals surface area contributed by atoms with Crippen LogP contribution in [0.5, 0.6) is 0 Å². The first-order valence-corrected chi connectivity index (χ1v) is 6.29. The van der Waals surface area contributed by atoms with Gasteiger partial charge in [-0.15, -0.1) is 0 Å². The van der Waals surface area contributed by atoms with Gasteiger partial charge in [0.05, 0.1) is 12.2 Å². The van der Waals surface area contributed by atoms with Crippen LogP contribution in [0.25, 0.3) is 0 Å². The minimum Gasteiger partial charge on any atom is -0.478 e. The Morgan fingerprint density at radius 1 is 1.25 bits per heavy atom. The highest BCUT2D eigenvalue weighted by Gasteiger charge is 2.08. The molecule has 0 saturated heterocycles. The second-order valence-corrected chi connectivity index (χ2v) is 4.55. The molecule has 0 spiro atoms. The zero-order valence-corrected chi connectivity index (χ0v) is 11.5. The van der Waals surface area contributed by atoms with Gasteiger partial charge in [-0.2, -0.15) is 0 Å². The first-order valence-electron chi connectivity index (χ1n) is 6.29. The van der Waals surface area contributed by atoms with E-state index in [1.165, 1.54) is 0 Å². The van der Waals surface area contributed by atoms with E-state index in [0.29, 0.717) is 12.2 Å². The van der Waals surface area contributed by atoms with Crippen LogP contribution < -0.4 is 5.32 Å². The number of para-hydroxylation sites is 1. The quantitative estimate of drug-likeness (QED) is 0.872. The van der Waals surface area contributed by atoms with Crippen LogP contribution in [0.1, 0.15) is 21.5 Å². The summed E-state index contributed by atoms with van der Waals surface area (Å²) in [6.45, 7) is 2.31. The molecule has 2 aromatic rings. The lowest BCUT2D eigenvalue weighted by Gasteiger charge is -2.12. The number of carbonyl (C=O) groups is 1. The molecule has 2 aromatic carbocycles. The second-order valence-electron chi connectivity index (χ2n) is 4.55. The molecule has 0 heterocycles. The third-order valence-corrected chi connectivity index (χ3v) is 3.05. The number of anilines is 2. The monoisotopic (exact) mass is 271 g/mol. The SMILES string of the molecule is COCc1ccccc1Nc1ccc(C(=O)O)c(C)c1. The van der Waals surface area contributed by atoms with E-state index in [-0.39, 0.29) is 0 Å². The number of aromatic carboxylic acids is 1. The highest BCUT2D eigenvalue weighted by atomic mass is 16.5. The van der Waals surface area contributed by atoms with Gasteiger partial charge in [-0.1, -0.05) is 18.2 Å².